The van der Waals surface area contributed by atoms with Crippen LogP contribution in [0.1, 0.15) is 23.5 Å². The molecule has 2 fully saturated rings. The second-order valence-electron chi connectivity index (χ2n) is 6.74. The van der Waals surface area contributed by atoms with Gasteiger partial charge in [-0.05, 0) is 6.07 Å². The Bertz CT molecular complexity index is 567. The summed E-state index contributed by atoms with van der Waals surface area (Å²) in [5.74, 6) is -0.0590. The Labute approximate surface area is 153 Å². The van der Waals surface area contributed by atoms with E-state index in [1.165, 1.54) is 12.3 Å². The van der Waals surface area contributed by atoms with E-state index < -0.39 is 74.3 Å². The number of furan rings is 1. The third-order valence-electron chi connectivity index (χ3n) is 5.08. The predicted molar refractivity (Wildman–Crippen MR) is 84.1 cm³/mol. The summed E-state index contributed by atoms with van der Waals surface area (Å²) in [4.78, 5) is 0. The van der Waals surface area contributed by atoms with Crippen LogP contribution < -0.4 is 0 Å². The highest BCUT2D eigenvalue weighted by Gasteiger charge is 2.49. The molecule has 1 aromatic heterocycles. The highest BCUT2D eigenvalue weighted by molar-refractivity contribution is 5.26. The molecule has 0 radical (unpaired) electrons. The van der Waals surface area contributed by atoms with E-state index in [9.17, 15) is 40.9 Å². The first-order chi connectivity index (χ1) is 12.8. The fraction of sp³-hybridized carbons (Fsp3) is 0.750. The zero-order valence-corrected chi connectivity index (χ0v) is 14.1. The normalized spacial score (nSPS) is 45.8. The standard InChI is InChI=1S/C16H24O11/c17-3-6-8(19)10(21)12(23)14(26-6)5-1-2-25-15(5)16-13(24)11(22)9(20)7(4-18)27-16/h1-2,6-14,16-24H,3-4H2/t6-,7-,8+,9+,10+,11+,12-,13-,14?,16?/m1/s1. The van der Waals surface area contributed by atoms with E-state index in [0.717, 1.165) is 0 Å². The number of rotatable bonds is 4. The molecule has 11 nitrogen and oxygen atoms in total. The van der Waals surface area contributed by atoms with Crippen molar-refractivity contribution in [2.45, 2.75) is 61.0 Å². The average Bonchev–Trinajstić information content (AvgIpc) is 3.14. The summed E-state index contributed by atoms with van der Waals surface area (Å²) in [6.07, 6.45) is -13.2. The minimum absolute atomic E-state index is 0.0590. The molecule has 8 N–H and O–H groups in total. The summed E-state index contributed by atoms with van der Waals surface area (Å²) in [7, 11) is 0. The zero-order chi connectivity index (χ0) is 19.9. The van der Waals surface area contributed by atoms with Gasteiger partial charge in [-0.1, -0.05) is 0 Å². The van der Waals surface area contributed by atoms with E-state index in [1.54, 1.807) is 0 Å². The molecule has 2 unspecified atom stereocenters. The molecule has 0 aliphatic carbocycles. The lowest BCUT2D eigenvalue weighted by Crippen LogP contribution is -2.56. The van der Waals surface area contributed by atoms with Gasteiger partial charge in [0, 0.05) is 5.56 Å². The first-order valence-corrected chi connectivity index (χ1v) is 8.50. The van der Waals surface area contributed by atoms with Gasteiger partial charge in [-0.15, -0.1) is 0 Å². The molecule has 0 aromatic carbocycles. The second kappa shape index (κ2) is 8.09. The van der Waals surface area contributed by atoms with E-state index in [1.807, 2.05) is 0 Å². The molecular weight excluding hydrogens is 368 g/mol. The van der Waals surface area contributed by atoms with Crippen molar-refractivity contribution in [3.63, 3.8) is 0 Å². The maximum atomic E-state index is 10.3. The molecule has 0 amide bonds. The Hall–Kier alpha value is -1.12. The summed E-state index contributed by atoms with van der Waals surface area (Å²) in [6.45, 7) is -1.24. The van der Waals surface area contributed by atoms with Crippen molar-refractivity contribution < 1.29 is 54.7 Å². The van der Waals surface area contributed by atoms with E-state index in [0.29, 0.717) is 0 Å². The molecule has 1 aromatic rings. The maximum absolute atomic E-state index is 10.3. The summed E-state index contributed by atoms with van der Waals surface area (Å²) in [5.41, 5.74) is 0.149. The largest absolute Gasteiger partial charge is 0.466 e. The van der Waals surface area contributed by atoms with Crippen molar-refractivity contribution in [1.82, 2.24) is 0 Å². The molecule has 154 valence electrons. The van der Waals surface area contributed by atoms with Crippen LogP contribution in [-0.2, 0) is 9.47 Å². The lowest BCUT2D eigenvalue weighted by molar-refractivity contribution is -0.241. The fourth-order valence-corrected chi connectivity index (χ4v) is 3.47. The average molecular weight is 392 g/mol. The van der Waals surface area contributed by atoms with Crippen molar-refractivity contribution in [2.24, 2.45) is 0 Å². The van der Waals surface area contributed by atoms with E-state index in [2.05, 4.69) is 0 Å². The van der Waals surface area contributed by atoms with Crippen molar-refractivity contribution in [3.8, 4) is 0 Å². The Morgan fingerprint density at radius 3 is 1.67 bits per heavy atom. The highest BCUT2D eigenvalue weighted by atomic mass is 16.6. The van der Waals surface area contributed by atoms with Crippen molar-refractivity contribution in [3.05, 3.63) is 23.7 Å². The fourth-order valence-electron chi connectivity index (χ4n) is 3.47. The summed E-state index contributed by atoms with van der Waals surface area (Å²) < 4.78 is 16.2. The summed E-state index contributed by atoms with van der Waals surface area (Å²) in [5, 5.41) is 78.9. The van der Waals surface area contributed by atoms with Gasteiger partial charge < -0.3 is 54.7 Å². The minimum Gasteiger partial charge on any atom is -0.466 e. The Morgan fingerprint density at radius 2 is 1.15 bits per heavy atom. The van der Waals surface area contributed by atoms with Crippen LogP contribution in [0.4, 0.5) is 0 Å². The zero-order valence-electron chi connectivity index (χ0n) is 14.1. The van der Waals surface area contributed by atoms with Crippen molar-refractivity contribution in [1.29, 1.82) is 0 Å². The predicted octanol–water partition coefficient (Wildman–Crippen LogP) is -3.69. The monoisotopic (exact) mass is 392 g/mol. The van der Waals surface area contributed by atoms with Gasteiger partial charge in [0.05, 0.1) is 19.5 Å². The van der Waals surface area contributed by atoms with Crippen LogP contribution in [-0.4, -0.2) is 103 Å². The third-order valence-corrected chi connectivity index (χ3v) is 5.08. The summed E-state index contributed by atoms with van der Waals surface area (Å²) in [6, 6.07) is 1.38. The van der Waals surface area contributed by atoms with Gasteiger partial charge in [0.25, 0.3) is 0 Å². The molecular formula is C16H24O11. The Morgan fingerprint density at radius 1 is 0.667 bits per heavy atom. The molecule has 2 aliphatic rings. The van der Waals surface area contributed by atoms with Crippen LogP contribution in [0.15, 0.2) is 16.7 Å². The molecule has 2 aliphatic heterocycles. The molecule has 3 rings (SSSR count). The van der Waals surface area contributed by atoms with Gasteiger partial charge in [-0.3, -0.25) is 0 Å². The second-order valence-corrected chi connectivity index (χ2v) is 6.74. The lowest BCUT2D eigenvalue weighted by atomic mass is 9.88. The first-order valence-electron chi connectivity index (χ1n) is 8.50. The Kier molecular flexibility index (Phi) is 6.17. The van der Waals surface area contributed by atoms with Crippen molar-refractivity contribution in [2.75, 3.05) is 13.2 Å². The molecule has 11 heteroatoms. The Balaban J connectivity index is 1.91. The number of aliphatic hydroxyl groups excluding tert-OH is 8. The molecule has 2 saturated heterocycles. The first kappa shape index (κ1) is 20.6. The lowest BCUT2D eigenvalue weighted by Gasteiger charge is -2.42. The number of aliphatic hydroxyl groups is 8. The summed E-state index contributed by atoms with van der Waals surface area (Å²) >= 11 is 0. The molecule has 3 heterocycles. The van der Waals surface area contributed by atoms with E-state index >= 15 is 0 Å². The molecule has 0 saturated carbocycles. The minimum atomic E-state index is -1.63. The topological polar surface area (TPSA) is 193 Å². The van der Waals surface area contributed by atoms with Gasteiger partial charge in [-0.25, -0.2) is 0 Å². The number of hydrogen-bond acceptors (Lipinski definition) is 11. The van der Waals surface area contributed by atoms with Crippen LogP contribution in [0.2, 0.25) is 0 Å². The van der Waals surface area contributed by atoms with Crippen LogP contribution >= 0.6 is 0 Å². The maximum Gasteiger partial charge on any atom is 0.144 e. The van der Waals surface area contributed by atoms with E-state index in [-0.39, 0.29) is 11.3 Å². The van der Waals surface area contributed by atoms with Crippen LogP contribution in [0, 0.1) is 0 Å². The molecule has 0 bridgehead atoms. The van der Waals surface area contributed by atoms with Gasteiger partial charge >= 0.3 is 0 Å². The van der Waals surface area contributed by atoms with Crippen LogP contribution in [0.3, 0.4) is 0 Å². The third kappa shape index (κ3) is 3.51. The van der Waals surface area contributed by atoms with Gasteiger partial charge in [-0.2, -0.15) is 0 Å². The van der Waals surface area contributed by atoms with Crippen molar-refractivity contribution >= 4 is 0 Å². The molecule has 0 spiro atoms. The van der Waals surface area contributed by atoms with Crippen LogP contribution in [0.25, 0.3) is 0 Å². The number of ether oxygens (including phenoxy) is 2. The molecule has 27 heavy (non-hydrogen) atoms. The highest BCUT2D eigenvalue weighted by Crippen LogP contribution is 2.40. The SMILES string of the molecule is OC[C@H]1OC(c2ccoc2C2O[C@H](CO)[C@H](O)[C@H](O)[C@H]2O)[C@H](O)[C@@H](O)[C@H]1O. The van der Waals surface area contributed by atoms with Gasteiger partial charge in [0.1, 0.15) is 66.8 Å². The smallest absolute Gasteiger partial charge is 0.144 e. The number of hydrogen-bond donors (Lipinski definition) is 8. The molecule has 10 atom stereocenters. The van der Waals surface area contributed by atoms with Crippen LogP contribution in [0.5, 0.6) is 0 Å². The van der Waals surface area contributed by atoms with E-state index in [4.69, 9.17) is 13.9 Å². The van der Waals surface area contributed by atoms with Gasteiger partial charge in [0.2, 0.25) is 0 Å². The van der Waals surface area contributed by atoms with Gasteiger partial charge in [0.15, 0.2) is 0 Å². The quantitative estimate of drug-likeness (QED) is 0.251.